The summed E-state index contributed by atoms with van der Waals surface area (Å²) in [5.74, 6) is 1.63. The highest BCUT2D eigenvalue weighted by Gasteiger charge is 2.29. The number of aromatic nitrogens is 3. The third kappa shape index (κ3) is 3.40. The van der Waals surface area contributed by atoms with Crippen LogP contribution in [0.3, 0.4) is 0 Å². The lowest BCUT2D eigenvalue weighted by Crippen LogP contribution is -2.39. The van der Waals surface area contributed by atoms with Gasteiger partial charge in [0.15, 0.2) is 0 Å². The van der Waals surface area contributed by atoms with Crippen molar-refractivity contribution in [2.45, 2.75) is 46.2 Å². The average Bonchev–Trinajstić information content (AvgIpc) is 3.16. The number of piperidine rings is 1. The van der Waals surface area contributed by atoms with Gasteiger partial charge < -0.3 is 9.32 Å². The fourth-order valence-electron chi connectivity index (χ4n) is 4.03. The predicted octanol–water partition coefficient (Wildman–Crippen LogP) is 2.15. The van der Waals surface area contributed by atoms with Crippen molar-refractivity contribution in [1.29, 1.82) is 0 Å². The third-order valence-electron chi connectivity index (χ3n) is 5.42. The van der Waals surface area contributed by atoms with Crippen LogP contribution in [0, 0.1) is 12.8 Å². The maximum Gasteiger partial charge on any atom is 0.309 e. The van der Waals surface area contributed by atoms with Crippen molar-refractivity contribution in [2.24, 2.45) is 13.0 Å². The fourth-order valence-corrected chi connectivity index (χ4v) is 4.03. The van der Waals surface area contributed by atoms with Gasteiger partial charge in [0.25, 0.3) is 5.89 Å². The second-order valence-electron chi connectivity index (χ2n) is 7.75. The Morgan fingerprint density at radius 1 is 1.38 bits per heavy atom. The van der Waals surface area contributed by atoms with Crippen LogP contribution in [0.2, 0.25) is 0 Å². The highest BCUT2D eigenvalue weighted by atomic mass is 16.4. The molecular formula is C19H27N5O2. The monoisotopic (exact) mass is 357 g/mol. The first-order valence-corrected chi connectivity index (χ1v) is 9.49. The number of hydrogen-bond acceptors (Lipinski definition) is 5. The van der Waals surface area contributed by atoms with Crippen molar-refractivity contribution in [3.63, 3.8) is 0 Å². The van der Waals surface area contributed by atoms with Gasteiger partial charge in [-0.3, -0.25) is 14.4 Å². The van der Waals surface area contributed by atoms with E-state index >= 15 is 0 Å². The lowest BCUT2D eigenvalue weighted by atomic mass is 10.0. The van der Waals surface area contributed by atoms with Gasteiger partial charge in [0.2, 0.25) is 0 Å². The maximum atomic E-state index is 12.7. The molecule has 2 aliphatic heterocycles. The Morgan fingerprint density at radius 2 is 2.23 bits per heavy atom. The van der Waals surface area contributed by atoms with Crippen LogP contribution in [0.1, 0.15) is 53.3 Å². The number of fused-ring (bicyclic) bond motifs is 1. The van der Waals surface area contributed by atoms with Crippen LogP contribution in [0.5, 0.6) is 0 Å². The Hall–Kier alpha value is -2.15. The summed E-state index contributed by atoms with van der Waals surface area (Å²) in [6.07, 6.45) is 3.04. The largest absolute Gasteiger partial charge is 0.437 e. The molecule has 1 atom stereocenters. The van der Waals surface area contributed by atoms with Crippen LogP contribution < -0.4 is 0 Å². The molecular weight excluding hydrogens is 330 g/mol. The number of carbonyl (C=O) groups is 1. The molecule has 7 nitrogen and oxygen atoms in total. The maximum absolute atomic E-state index is 12.7. The number of nitrogens with zero attached hydrogens (tertiary/aromatic N) is 5. The van der Waals surface area contributed by atoms with Gasteiger partial charge in [0, 0.05) is 46.2 Å². The Morgan fingerprint density at radius 3 is 2.96 bits per heavy atom. The first-order valence-electron chi connectivity index (χ1n) is 9.49. The number of carbonyl (C=O) groups excluding carboxylic acids is 1. The molecule has 0 bridgehead atoms. The van der Waals surface area contributed by atoms with E-state index < -0.39 is 0 Å². The Balaban J connectivity index is 1.45. The quantitative estimate of drug-likeness (QED) is 0.842. The van der Waals surface area contributed by atoms with Crippen molar-refractivity contribution in [1.82, 2.24) is 24.6 Å². The molecule has 2 aliphatic rings. The lowest BCUT2D eigenvalue weighted by molar-refractivity contribution is 0.0640. The predicted molar refractivity (Wildman–Crippen MR) is 96.6 cm³/mol. The van der Waals surface area contributed by atoms with Gasteiger partial charge in [-0.2, -0.15) is 5.10 Å². The molecule has 1 saturated heterocycles. The standard InChI is InChI=1S/C19H27N5O2/c1-13-5-4-7-24(10-13)19(25)18-20-16-12-23(8-6-17(16)26-18)11-15-9-14(2)21-22(15)3/h9,13H,4-8,10-12H2,1-3H3/t13-/m0/s1. The van der Waals surface area contributed by atoms with Crippen LogP contribution in [0.25, 0.3) is 0 Å². The van der Waals surface area contributed by atoms with Gasteiger partial charge in [-0.05, 0) is 31.7 Å². The molecule has 7 heteroatoms. The Bertz CT molecular complexity index is 809. The minimum absolute atomic E-state index is 0.0558. The van der Waals surface area contributed by atoms with Crippen molar-refractivity contribution >= 4 is 5.91 Å². The Kier molecular flexibility index (Phi) is 4.56. The summed E-state index contributed by atoms with van der Waals surface area (Å²) in [6, 6.07) is 2.12. The minimum atomic E-state index is -0.0558. The van der Waals surface area contributed by atoms with E-state index in [0.717, 1.165) is 56.2 Å². The highest BCUT2D eigenvalue weighted by molar-refractivity contribution is 5.89. The zero-order chi connectivity index (χ0) is 18.3. The number of likely N-dealkylation sites (tertiary alicyclic amines) is 1. The zero-order valence-electron chi connectivity index (χ0n) is 15.9. The molecule has 140 valence electrons. The van der Waals surface area contributed by atoms with E-state index in [1.807, 2.05) is 23.6 Å². The molecule has 1 amide bonds. The molecule has 4 heterocycles. The summed E-state index contributed by atoms with van der Waals surface area (Å²) >= 11 is 0. The normalized spacial score (nSPS) is 21.0. The minimum Gasteiger partial charge on any atom is -0.437 e. The summed E-state index contributed by atoms with van der Waals surface area (Å²) in [6.45, 7) is 8.26. The van der Waals surface area contributed by atoms with Gasteiger partial charge in [-0.15, -0.1) is 0 Å². The molecule has 0 unspecified atom stereocenters. The van der Waals surface area contributed by atoms with E-state index in [4.69, 9.17) is 4.42 Å². The number of rotatable bonds is 3. The van der Waals surface area contributed by atoms with E-state index in [1.165, 1.54) is 12.1 Å². The molecule has 4 rings (SSSR count). The molecule has 0 saturated carbocycles. The molecule has 0 aliphatic carbocycles. The molecule has 0 radical (unpaired) electrons. The Labute approximate surface area is 154 Å². The molecule has 1 fully saturated rings. The summed E-state index contributed by atoms with van der Waals surface area (Å²) in [4.78, 5) is 21.5. The van der Waals surface area contributed by atoms with Crippen molar-refractivity contribution in [3.8, 4) is 0 Å². The van der Waals surface area contributed by atoms with Gasteiger partial charge in [0.1, 0.15) is 5.76 Å². The van der Waals surface area contributed by atoms with E-state index in [-0.39, 0.29) is 11.8 Å². The number of amides is 1. The number of oxazole rings is 1. The number of aryl methyl sites for hydroxylation is 2. The first kappa shape index (κ1) is 17.3. The summed E-state index contributed by atoms with van der Waals surface area (Å²) in [5.41, 5.74) is 3.13. The van der Waals surface area contributed by atoms with Gasteiger partial charge >= 0.3 is 5.91 Å². The molecule has 0 N–H and O–H groups in total. The van der Waals surface area contributed by atoms with Gasteiger partial charge in [-0.25, -0.2) is 4.98 Å². The van der Waals surface area contributed by atoms with Crippen LogP contribution >= 0.6 is 0 Å². The zero-order valence-corrected chi connectivity index (χ0v) is 15.9. The van der Waals surface area contributed by atoms with E-state index in [0.29, 0.717) is 12.5 Å². The van der Waals surface area contributed by atoms with Crippen molar-refractivity contribution < 1.29 is 9.21 Å². The molecule has 26 heavy (non-hydrogen) atoms. The molecule has 0 spiro atoms. The van der Waals surface area contributed by atoms with E-state index in [2.05, 4.69) is 28.0 Å². The second kappa shape index (κ2) is 6.87. The van der Waals surface area contributed by atoms with Crippen molar-refractivity contribution in [2.75, 3.05) is 19.6 Å². The molecule has 2 aromatic heterocycles. The van der Waals surface area contributed by atoms with Crippen molar-refractivity contribution in [3.05, 3.63) is 34.8 Å². The molecule has 0 aromatic carbocycles. The summed E-state index contributed by atoms with van der Waals surface area (Å²) in [7, 11) is 1.98. The van der Waals surface area contributed by atoms with E-state index in [9.17, 15) is 4.79 Å². The van der Waals surface area contributed by atoms with E-state index in [1.54, 1.807) is 0 Å². The summed E-state index contributed by atoms with van der Waals surface area (Å²) < 4.78 is 7.77. The average molecular weight is 357 g/mol. The van der Waals surface area contributed by atoms with Crippen LogP contribution in [0.4, 0.5) is 0 Å². The van der Waals surface area contributed by atoms with Crippen LogP contribution in [-0.4, -0.2) is 50.1 Å². The van der Waals surface area contributed by atoms with Crippen LogP contribution in [-0.2, 0) is 26.6 Å². The topological polar surface area (TPSA) is 67.4 Å². The van der Waals surface area contributed by atoms with Gasteiger partial charge in [-0.1, -0.05) is 6.92 Å². The first-order chi connectivity index (χ1) is 12.5. The summed E-state index contributed by atoms with van der Waals surface area (Å²) in [5, 5.41) is 4.41. The van der Waals surface area contributed by atoms with Gasteiger partial charge in [0.05, 0.1) is 17.1 Å². The fraction of sp³-hybridized carbons (Fsp3) is 0.632. The SMILES string of the molecule is Cc1cc(CN2CCc3oc(C(=O)N4CCC[C@H](C)C4)nc3C2)n(C)n1. The third-order valence-corrected chi connectivity index (χ3v) is 5.42. The van der Waals surface area contributed by atoms with Crippen LogP contribution in [0.15, 0.2) is 10.5 Å². The molecule has 2 aromatic rings. The highest BCUT2D eigenvalue weighted by Crippen LogP contribution is 2.23. The number of hydrogen-bond donors (Lipinski definition) is 0. The second-order valence-corrected chi connectivity index (χ2v) is 7.75. The lowest BCUT2D eigenvalue weighted by Gasteiger charge is -2.29. The smallest absolute Gasteiger partial charge is 0.309 e.